The molecule has 2 heterocycles. The summed E-state index contributed by atoms with van der Waals surface area (Å²) in [7, 11) is 0. The first-order valence-electron chi connectivity index (χ1n) is 8.67. The number of phenolic OH excluding ortho intramolecular Hbond substituents is 2. The van der Waals surface area contributed by atoms with Gasteiger partial charge in [-0.25, -0.2) is 0 Å². The topological polar surface area (TPSA) is 92.4 Å². The Hall–Kier alpha value is -2.87. The Morgan fingerprint density at radius 1 is 1.15 bits per heavy atom. The van der Waals surface area contributed by atoms with Crippen molar-refractivity contribution in [1.82, 2.24) is 14.8 Å². The monoisotopic (exact) mass is 384 g/mol. The quantitative estimate of drug-likeness (QED) is 0.516. The molecule has 1 aliphatic rings. The number of nitrogens with zero attached hydrogens (tertiary/aromatic N) is 3. The Bertz CT molecular complexity index is 1020. The summed E-state index contributed by atoms with van der Waals surface area (Å²) < 4.78 is 7.37. The van der Waals surface area contributed by atoms with E-state index in [1.807, 2.05) is 32.0 Å². The van der Waals surface area contributed by atoms with Gasteiger partial charge in [-0.2, -0.15) is 0 Å². The maximum atomic E-state index is 10.4. The molecule has 0 unspecified atom stereocenters. The van der Waals surface area contributed by atoms with Gasteiger partial charge in [0.15, 0.2) is 11.0 Å². The molecule has 27 heavy (non-hydrogen) atoms. The minimum atomic E-state index is -0.0710. The summed E-state index contributed by atoms with van der Waals surface area (Å²) in [6.45, 7) is 5.30. The van der Waals surface area contributed by atoms with Crippen molar-refractivity contribution in [2.24, 2.45) is 0 Å². The highest BCUT2D eigenvalue weighted by atomic mass is 32.1. The summed E-state index contributed by atoms with van der Waals surface area (Å²) in [6, 6.07) is 8.78. The number of aromatic hydroxyl groups is 2. The minimum Gasteiger partial charge on any atom is -0.508 e. The molecular weight excluding hydrogens is 364 g/mol. The zero-order valence-electron chi connectivity index (χ0n) is 15.0. The summed E-state index contributed by atoms with van der Waals surface area (Å²) in [5.41, 5.74) is 2.86. The van der Waals surface area contributed by atoms with Crippen molar-refractivity contribution in [3.8, 4) is 34.3 Å². The zero-order valence-corrected chi connectivity index (χ0v) is 15.9. The van der Waals surface area contributed by atoms with Crippen molar-refractivity contribution >= 4 is 18.3 Å². The molecule has 4 rings (SSSR count). The van der Waals surface area contributed by atoms with E-state index < -0.39 is 0 Å². The van der Waals surface area contributed by atoms with Gasteiger partial charge in [-0.15, -0.1) is 22.8 Å². The molecule has 0 fully saturated rings. The van der Waals surface area contributed by atoms with Crippen LogP contribution in [0.1, 0.15) is 25.3 Å². The van der Waals surface area contributed by atoms with Crippen LogP contribution in [0.4, 0.5) is 5.69 Å². The lowest BCUT2D eigenvalue weighted by molar-refractivity contribution is 0.323. The van der Waals surface area contributed by atoms with E-state index in [9.17, 15) is 10.2 Å². The van der Waals surface area contributed by atoms with Crippen molar-refractivity contribution in [3.63, 3.8) is 0 Å². The maximum absolute atomic E-state index is 10.4. The highest BCUT2D eigenvalue weighted by Crippen LogP contribution is 2.39. The van der Waals surface area contributed by atoms with Gasteiger partial charge in [0.2, 0.25) is 0 Å². The van der Waals surface area contributed by atoms with Gasteiger partial charge in [-0.3, -0.25) is 4.57 Å². The number of nitrogens with one attached hydrogen (secondary N) is 1. The molecule has 0 radical (unpaired) electrons. The van der Waals surface area contributed by atoms with E-state index in [1.54, 1.807) is 10.6 Å². The molecule has 2 aromatic carbocycles. The molecule has 0 spiro atoms. The molecule has 0 bridgehead atoms. The predicted molar refractivity (Wildman–Crippen MR) is 105 cm³/mol. The first-order valence-corrected chi connectivity index (χ1v) is 9.12. The van der Waals surface area contributed by atoms with Crippen molar-refractivity contribution in [2.75, 3.05) is 18.5 Å². The van der Waals surface area contributed by atoms with E-state index >= 15 is 0 Å². The molecular formula is C19H20N4O3S. The van der Waals surface area contributed by atoms with Crippen LogP contribution in [0.15, 0.2) is 35.5 Å². The van der Waals surface area contributed by atoms with Crippen LogP contribution < -0.4 is 10.1 Å². The van der Waals surface area contributed by atoms with Crippen LogP contribution in [0.25, 0.3) is 17.1 Å². The van der Waals surface area contributed by atoms with Crippen LogP contribution in [0.3, 0.4) is 0 Å². The number of benzene rings is 2. The summed E-state index contributed by atoms with van der Waals surface area (Å²) in [5.74, 6) is 1.30. The minimum absolute atomic E-state index is 0.0542. The fourth-order valence-corrected chi connectivity index (χ4v) is 3.45. The summed E-state index contributed by atoms with van der Waals surface area (Å²) >= 11 is 4.43. The van der Waals surface area contributed by atoms with E-state index in [0.29, 0.717) is 23.2 Å². The van der Waals surface area contributed by atoms with Gasteiger partial charge in [-0.1, -0.05) is 13.8 Å². The normalized spacial score (nSPS) is 13.2. The first-order chi connectivity index (χ1) is 13.0. The van der Waals surface area contributed by atoms with Gasteiger partial charge in [0.25, 0.3) is 0 Å². The van der Waals surface area contributed by atoms with E-state index in [-0.39, 0.29) is 17.4 Å². The van der Waals surface area contributed by atoms with Gasteiger partial charge in [-0.05, 0) is 35.7 Å². The third kappa shape index (κ3) is 3.06. The average molecular weight is 384 g/mol. The zero-order chi connectivity index (χ0) is 19.1. The van der Waals surface area contributed by atoms with E-state index in [2.05, 4.69) is 28.1 Å². The van der Waals surface area contributed by atoms with E-state index in [1.165, 1.54) is 6.07 Å². The number of ether oxygens (including phenoxy) is 1. The summed E-state index contributed by atoms with van der Waals surface area (Å²) in [4.78, 5) is 0. The molecule has 8 heteroatoms. The standard InChI is InChI=1S/C19H20N4O3S/c1-10(2)12-8-13(16(25)9-15(12)24)18-21-22-19(27)23(18)11-3-4-17-14(7-11)20-5-6-26-17/h3-4,7-10,20,24-25H,5-6H2,1-2H3,(H,22,27). The fraction of sp³-hybridized carbons (Fsp3) is 0.263. The lowest BCUT2D eigenvalue weighted by Crippen LogP contribution is -2.18. The third-order valence-corrected chi connectivity index (χ3v) is 4.84. The van der Waals surface area contributed by atoms with Crippen LogP contribution in [0.5, 0.6) is 17.2 Å². The van der Waals surface area contributed by atoms with Gasteiger partial charge in [0.1, 0.15) is 23.9 Å². The Balaban J connectivity index is 1.87. The molecule has 0 aliphatic carbocycles. The number of hydrogen-bond acceptors (Lipinski definition) is 7. The molecule has 140 valence electrons. The number of fused-ring (bicyclic) bond motifs is 1. The van der Waals surface area contributed by atoms with Gasteiger partial charge >= 0.3 is 0 Å². The van der Waals surface area contributed by atoms with E-state index in [4.69, 9.17) is 4.74 Å². The Morgan fingerprint density at radius 2 is 1.96 bits per heavy atom. The van der Waals surface area contributed by atoms with Crippen LogP contribution in [-0.4, -0.2) is 38.1 Å². The highest BCUT2D eigenvalue weighted by Gasteiger charge is 2.21. The lowest BCUT2D eigenvalue weighted by Gasteiger charge is -2.20. The number of hydrogen-bond donors (Lipinski definition) is 4. The molecule has 0 saturated heterocycles. The molecule has 0 saturated carbocycles. The van der Waals surface area contributed by atoms with Crippen molar-refractivity contribution in [2.45, 2.75) is 24.9 Å². The number of anilines is 1. The van der Waals surface area contributed by atoms with Crippen LogP contribution in [-0.2, 0) is 0 Å². The van der Waals surface area contributed by atoms with Crippen LogP contribution in [0, 0.1) is 0 Å². The summed E-state index contributed by atoms with van der Waals surface area (Å²) in [5, 5.41) is 32.5. The van der Waals surface area contributed by atoms with Gasteiger partial charge in [0.05, 0.1) is 16.9 Å². The second kappa shape index (κ2) is 6.70. The lowest BCUT2D eigenvalue weighted by atomic mass is 9.98. The Labute approximate surface area is 162 Å². The van der Waals surface area contributed by atoms with E-state index in [0.717, 1.165) is 29.2 Å². The van der Waals surface area contributed by atoms with Crippen LogP contribution in [0.2, 0.25) is 0 Å². The van der Waals surface area contributed by atoms with Crippen molar-refractivity contribution < 1.29 is 14.9 Å². The van der Waals surface area contributed by atoms with Gasteiger partial charge in [0, 0.05) is 12.6 Å². The molecule has 3 N–H and O–H groups in total. The number of rotatable bonds is 3. The average Bonchev–Trinajstić information content (AvgIpc) is 3.02. The largest absolute Gasteiger partial charge is 0.508 e. The maximum Gasteiger partial charge on any atom is 0.193 e. The molecule has 1 aromatic heterocycles. The Kier molecular flexibility index (Phi) is 4.35. The van der Waals surface area contributed by atoms with Crippen molar-refractivity contribution in [1.29, 1.82) is 0 Å². The molecule has 3 aromatic rings. The SMILES string of the molecule is CC(C)c1cc(-c2nnc(S)n2-c2ccc3c(c2)NCCO3)c(O)cc1O. The molecule has 0 amide bonds. The van der Waals surface area contributed by atoms with Crippen LogP contribution >= 0.6 is 12.6 Å². The smallest absolute Gasteiger partial charge is 0.193 e. The first kappa shape index (κ1) is 17.5. The second-order valence-electron chi connectivity index (χ2n) is 6.70. The fourth-order valence-electron chi connectivity index (χ4n) is 3.19. The molecule has 1 aliphatic heterocycles. The third-order valence-electron chi connectivity index (χ3n) is 4.55. The number of phenols is 2. The van der Waals surface area contributed by atoms with Gasteiger partial charge < -0.3 is 20.3 Å². The number of thiol groups is 1. The molecule has 0 atom stereocenters. The molecule has 7 nitrogen and oxygen atoms in total. The Morgan fingerprint density at radius 3 is 2.74 bits per heavy atom. The van der Waals surface area contributed by atoms with Crippen molar-refractivity contribution in [3.05, 3.63) is 35.9 Å². The summed E-state index contributed by atoms with van der Waals surface area (Å²) in [6.07, 6.45) is 0. The highest BCUT2D eigenvalue weighted by molar-refractivity contribution is 7.80. The predicted octanol–water partition coefficient (Wildman–Crippen LogP) is 3.56. The second-order valence-corrected chi connectivity index (χ2v) is 7.10. The number of aromatic nitrogens is 3.